The molecule has 0 amide bonds. The second kappa shape index (κ2) is 7.95. The van der Waals surface area contributed by atoms with Gasteiger partial charge in [0.15, 0.2) is 0 Å². The fourth-order valence-electron chi connectivity index (χ4n) is 3.06. The van der Waals surface area contributed by atoms with Crippen molar-refractivity contribution in [2.45, 2.75) is 13.1 Å². The molecule has 0 aromatic heterocycles. The van der Waals surface area contributed by atoms with E-state index < -0.39 is 5.97 Å². The van der Waals surface area contributed by atoms with Gasteiger partial charge in [-0.1, -0.05) is 29.8 Å². The molecule has 0 aliphatic carbocycles. The van der Waals surface area contributed by atoms with E-state index in [4.69, 9.17) is 16.7 Å². The van der Waals surface area contributed by atoms with Crippen LogP contribution in [0.3, 0.4) is 0 Å². The SMILES string of the molecule is O=C(O)c1cccc(CN2CCN(Cc3ccc(F)cc3Cl)CC2)c1. The van der Waals surface area contributed by atoms with Gasteiger partial charge in [0.05, 0.1) is 5.56 Å². The summed E-state index contributed by atoms with van der Waals surface area (Å²) in [5, 5.41) is 9.54. The largest absolute Gasteiger partial charge is 0.478 e. The molecule has 0 atom stereocenters. The van der Waals surface area contributed by atoms with Gasteiger partial charge in [-0.25, -0.2) is 9.18 Å². The molecule has 25 heavy (non-hydrogen) atoms. The molecule has 2 aromatic rings. The number of halogens is 2. The molecule has 0 radical (unpaired) electrons. The first kappa shape index (κ1) is 17.9. The third-order valence-corrected chi connectivity index (χ3v) is 4.81. The highest BCUT2D eigenvalue weighted by molar-refractivity contribution is 6.31. The first-order valence-corrected chi connectivity index (χ1v) is 8.60. The summed E-state index contributed by atoms with van der Waals surface area (Å²) in [4.78, 5) is 15.7. The van der Waals surface area contributed by atoms with Crippen molar-refractivity contribution in [1.29, 1.82) is 0 Å². The van der Waals surface area contributed by atoms with Crippen LogP contribution >= 0.6 is 11.6 Å². The topological polar surface area (TPSA) is 43.8 Å². The number of aromatic carboxylic acids is 1. The summed E-state index contributed by atoms with van der Waals surface area (Å²) < 4.78 is 13.1. The number of benzene rings is 2. The van der Waals surface area contributed by atoms with Crippen LogP contribution in [-0.4, -0.2) is 47.1 Å². The second-order valence-electron chi connectivity index (χ2n) is 6.29. The second-order valence-corrected chi connectivity index (χ2v) is 6.70. The normalized spacial score (nSPS) is 16.1. The molecule has 0 unspecified atom stereocenters. The van der Waals surface area contributed by atoms with Gasteiger partial charge < -0.3 is 5.11 Å². The van der Waals surface area contributed by atoms with E-state index in [2.05, 4.69) is 9.80 Å². The zero-order chi connectivity index (χ0) is 17.8. The van der Waals surface area contributed by atoms with Gasteiger partial charge in [-0.15, -0.1) is 0 Å². The van der Waals surface area contributed by atoms with Crippen LogP contribution in [0, 0.1) is 5.82 Å². The van der Waals surface area contributed by atoms with E-state index in [0.717, 1.165) is 43.9 Å². The maximum Gasteiger partial charge on any atom is 0.335 e. The molecule has 4 nitrogen and oxygen atoms in total. The van der Waals surface area contributed by atoms with Crippen LogP contribution in [-0.2, 0) is 13.1 Å². The van der Waals surface area contributed by atoms with E-state index in [0.29, 0.717) is 17.1 Å². The van der Waals surface area contributed by atoms with E-state index in [1.54, 1.807) is 24.3 Å². The minimum Gasteiger partial charge on any atom is -0.478 e. The van der Waals surface area contributed by atoms with Crippen LogP contribution in [0.25, 0.3) is 0 Å². The number of hydrogen-bond donors (Lipinski definition) is 1. The lowest BCUT2D eigenvalue weighted by Gasteiger charge is -2.35. The summed E-state index contributed by atoms with van der Waals surface area (Å²) in [5.74, 6) is -1.22. The minimum atomic E-state index is -0.900. The smallest absolute Gasteiger partial charge is 0.335 e. The Labute approximate surface area is 151 Å². The van der Waals surface area contributed by atoms with Gasteiger partial charge in [0.2, 0.25) is 0 Å². The number of nitrogens with zero attached hydrogens (tertiary/aromatic N) is 2. The van der Waals surface area contributed by atoms with Gasteiger partial charge in [0.1, 0.15) is 5.82 Å². The number of carboxylic acid groups (broad SMARTS) is 1. The van der Waals surface area contributed by atoms with Crippen molar-refractivity contribution >= 4 is 17.6 Å². The zero-order valence-corrected chi connectivity index (χ0v) is 14.5. The van der Waals surface area contributed by atoms with Gasteiger partial charge in [-0.05, 0) is 35.4 Å². The Morgan fingerprint density at radius 2 is 1.72 bits per heavy atom. The van der Waals surface area contributed by atoms with Gasteiger partial charge >= 0.3 is 5.97 Å². The number of carbonyl (C=O) groups is 1. The summed E-state index contributed by atoms with van der Waals surface area (Å²) in [6.07, 6.45) is 0. The summed E-state index contributed by atoms with van der Waals surface area (Å²) in [6.45, 7) is 5.04. The Hall–Kier alpha value is -1.95. The molecule has 1 N–H and O–H groups in total. The van der Waals surface area contributed by atoms with Crippen molar-refractivity contribution in [3.05, 3.63) is 70.0 Å². The molecule has 2 aromatic carbocycles. The number of piperazine rings is 1. The zero-order valence-electron chi connectivity index (χ0n) is 13.8. The van der Waals surface area contributed by atoms with E-state index in [1.165, 1.54) is 12.1 Å². The monoisotopic (exact) mass is 362 g/mol. The highest BCUT2D eigenvalue weighted by Gasteiger charge is 2.18. The number of rotatable bonds is 5. The third-order valence-electron chi connectivity index (χ3n) is 4.45. The Morgan fingerprint density at radius 3 is 2.36 bits per heavy atom. The van der Waals surface area contributed by atoms with Crippen LogP contribution in [0.5, 0.6) is 0 Å². The molecular formula is C19H20ClFN2O2. The standard InChI is InChI=1S/C19H20ClFN2O2/c20-18-11-17(21)5-4-16(18)13-23-8-6-22(7-9-23)12-14-2-1-3-15(10-14)19(24)25/h1-5,10-11H,6-9,12-13H2,(H,24,25). The van der Waals surface area contributed by atoms with Crippen LogP contribution in [0.1, 0.15) is 21.5 Å². The molecule has 1 aliphatic rings. The lowest BCUT2D eigenvalue weighted by molar-refractivity contribution is 0.0696. The first-order valence-electron chi connectivity index (χ1n) is 8.22. The molecule has 1 heterocycles. The molecule has 0 spiro atoms. The van der Waals surface area contributed by atoms with Gasteiger partial charge in [-0.2, -0.15) is 0 Å². The Bertz CT molecular complexity index is 761. The quantitative estimate of drug-likeness (QED) is 0.884. The predicted octanol–water partition coefficient (Wildman–Crippen LogP) is 3.50. The van der Waals surface area contributed by atoms with Gasteiger partial charge in [0.25, 0.3) is 0 Å². The maximum absolute atomic E-state index is 13.1. The molecule has 132 valence electrons. The molecule has 3 rings (SSSR count). The molecule has 0 saturated carbocycles. The Kier molecular flexibility index (Phi) is 5.68. The average molecular weight is 363 g/mol. The lowest BCUT2D eigenvalue weighted by Crippen LogP contribution is -2.45. The van der Waals surface area contributed by atoms with Crippen molar-refractivity contribution in [3.8, 4) is 0 Å². The molecule has 1 fully saturated rings. The van der Waals surface area contributed by atoms with Crippen molar-refractivity contribution in [3.63, 3.8) is 0 Å². The summed E-state index contributed by atoms with van der Waals surface area (Å²) in [6, 6.07) is 11.6. The highest BCUT2D eigenvalue weighted by atomic mass is 35.5. The van der Waals surface area contributed by atoms with Crippen LogP contribution in [0.4, 0.5) is 4.39 Å². The summed E-state index contributed by atoms with van der Waals surface area (Å²) >= 11 is 6.10. The Balaban J connectivity index is 1.53. The molecule has 6 heteroatoms. The molecule has 1 aliphatic heterocycles. The minimum absolute atomic E-state index is 0.317. The van der Waals surface area contributed by atoms with Crippen molar-refractivity contribution in [1.82, 2.24) is 9.80 Å². The van der Waals surface area contributed by atoms with Crippen molar-refractivity contribution < 1.29 is 14.3 Å². The van der Waals surface area contributed by atoms with Gasteiger partial charge in [0, 0.05) is 44.3 Å². The fraction of sp³-hybridized carbons (Fsp3) is 0.316. The number of hydrogen-bond acceptors (Lipinski definition) is 3. The highest BCUT2D eigenvalue weighted by Crippen LogP contribution is 2.20. The fourth-order valence-corrected chi connectivity index (χ4v) is 3.28. The van der Waals surface area contributed by atoms with E-state index in [-0.39, 0.29) is 5.82 Å². The van der Waals surface area contributed by atoms with Crippen LogP contribution in [0.15, 0.2) is 42.5 Å². The van der Waals surface area contributed by atoms with Crippen LogP contribution < -0.4 is 0 Å². The first-order chi connectivity index (χ1) is 12.0. The number of carboxylic acids is 1. The van der Waals surface area contributed by atoms with Crippen LogP contribution in [0.2, 0.25) is 5.02 Å². The lowest BCUT2D eigenvalue weighted by atomic mass is 10.1. The molecular weight excluding hydrogens is 343 g/mol. The average Bonchev–Trinajstić information content (AvgIpc) is 2.59. The maximum atomic E-state index is 13.1. The van der Waals surface area contributed by atoms with Gasteiger partial charge in [-0.3, -0.25) is 9.80 Å². The van der Waals surface area contributed by atoms with E-state index >= 15 is 0 Å². The van der Waals surface area contributed by atoms with E-state index in [9.17, 15) is 9.18 Å². The summed E-state index contributed by atoms with van der Waals surface area (Å²) in [7, 11) is 0. The Morgan fingerprint density at radius 1 is 1.04 bits per heavy atom. The third kappa shape index (κ3) is 4.78. The van der Waals surface area contributed by atoms with Crippen molar-refractivity contribution in [2.24, 2.45) is 0 Å². The summed E-state index contributed by atoms with van der Waals surface area (Å²) in [5.41, 5.74) is 2.27. The van der Waals surface area contributed by atoms with E-state index in [1.807, 2.05) is 6.07 Å². The molecule has 0 bridgehead atoms. The predicted molar refractivity (Wildman–Crippen MR) is 95.4 cm³/mol. The van der Waals surface area contributed by atoms with Crippen molar-refractivity contribution in [2.75, 3.05) is 26.2 Å². The molecule has 1 saturated heterocycles.